The molecule has 118 valence electrons. The monoisotopic (exact) mass is 291 g/mol. The summed E-state index contributed by atoms with van der Waals surface area (Å²) in [5.74, 6) is 0.811. The maximum Gasteiger partial charge on any atom is 0.245 e. The summed E-state index contributed by atoms with van der Waals surface area (Å²) in [6.07, 6.45) is 6.73. The number of hydrogen-bond donors (Lipinski definition) is 1. The number of nitrogens with one attached hydrogen (secondary N) is 1. The maximum atomic E-state index is 4.78. The van der Waals surface area contributed by atoms with Gasteiger partial charge in [0.1, 0.15) is 0 Å². The first kappa shape index (κ1) is 16.1. The Balaban J connectivity index is 2.14. The Labute approximate surface area is 128 Å². The fraction of sp³-hybridized carbons (Fsp3) is 0.812. The largest absolute Gasteiger partial charge is 0.338 e. The van der Waals surface area contributed by atoms with Crippen LogP contribution in [-0.4, -0.2) is 40.9 Å². The molecule has 1 N–H and O–H groups in total. The van der Waals surface area contributed by atoms with Crippen molar-refractivity contribution in [2.75, 3.05) is 24.5 Å². The summed E-state index contributed by atoms with van der Waals surface area (Å²) in [6.45, 7) is 9.63. The average Bonchev–Trinajstić information content (AvgIpc) is 3.03. The molecular weight excluding hydrogens is 262 g/mol. The summed E-state index contributed by atoms with van der Waals surface area (Å²) < 4.78 is 0. The van der Waals surface area contributed by atoms with E-state index in [0.717, 1.165) is 49.8 Å². The highest BCUT2D eigenvalue weighted by atomic mass is 15.3. The number of nitrogens with zero attached hydrogens (tertiary/aromatic N) is 4. The lowest BCUT2D eigenvalue weighted by atomic mass is 10.2. The van der Waals surface area contributed by atoms with E-state index in [-0.39, 0.29) is 0 Å². The number of rotatable bonds is 8. The molecule has 0 amide bonds. The van der Waals surface area contributed by atoms with E-state index < -0.39 is 0 Å². The molecule has 1 unspecified atom stereocenters. The van der Waals surface area contributed by atoms with Crippen molar-refractivity contribution in [3.8, 4) is 0 Å². The Kier molecular flexibility index (Phi) is 6.36. The van der Waals surface area contributed by atoms with E-state index >= 15 is 0 Å². The first-order chi connectivity index (χ1) is 10.3. The third kappa shape index (κ3) is 4.37. The molecule has 5 heteroatoms. The molecule has 1 fully saturated rings. The van der Waals surface area contributed by atoms with Gasteiger partial charge in [0.05, 0.1) is 11.4 Å². The summed E-state index contributed by atoms with van der Waals surface area (Å²) in [5.41, 5.74) is 2.14. The van der Waals surface area contributed by atoms with Crippen LogP contribution in [0.1, 0.15) is 57.8 Å². The molecular formula is C16H29N5. The summed E-state index contributed by atoms with van der Waals surface area (Å²) in [6, 6.07) is 0.571. The molecule has 1 aliphatic heterocycles. The predicted octanol–water partition coefficient (Wildman–Crippen LogP) is 2.35. The van der Waals surface area contributed by atoms with Gasteiger partial charge in [0.2, 0.25) is 5.95 Å². The molecule has 0 aliphatic carbocycles. The van der Waals surface area contributed by atoms with Gasteiger partial charge in [-0.2, -0.15) is 5.10 Å². The minimum absolute atomic E-state index is 0.571. The van der Waals surface area contributed by atoms with Crippen molar-refractivity contribution in [3.63, 3.8) is 0 Å². The van der Waals surface area contributed by atoms with Crippen LogP contribution >= 0.6 is 0 Å². The van der Waals surface area contributed by atoms with Crippen LogP contribution in [-0.2, 0) is 12.8 Å². The molecule has 1 atom stereocenters. The molecule has 1 aliphatic rings. The van der Waals surface area contributed by atoms with Crippen LogP contribution in [0.25, 0.3) is 0 Å². The smallest absolute Gasteiger partial charge is 0.245 e. The quantitative estimate of drug-likeness (QED) is 0.797. The van der Waals surface area contributed by atoms with Crippen LogP contribution in [0, 0.1) is 0 Å². The first-order valence-corrected chi connectivity index (χ1v) is 8.49. The van der Waals surface area contributed by atoms with Gasteiger partial charge in [-0.3, -0.25) is 0 Å². The minimum atomic E-state index is 0.571. The zero-order chi connectivity index (χ0) is 15.1. The van der Waals surface area contributed by atoms with Crippen LogP contribution in [0.5, 0.6) is 0 Å². The Morgan fingerprint density at radius 3 is 2.57 bits per heavy atom. The zero-order valence-corrected chi connectivity index (χ0v) is 13.7. The molecule has 1 aromatic rings. The highest BCUT2D eigenvalue weighted by Crippen LogP contribution is 2.15. The van der Waals surface area contributed by atoms with E-state index in [1.165, 1.54) is 25.7 Å². The van der Waals surface area contributed by atoms with Crippen molar-refractivity contribution in [2.45, 2.75) is 65.3 Å². The van der Waals surface area contributed by atoms with Gasteiger partial charge >= 0.3 is 0 Å². The number of aromatic nitrogens is 3. The van der Waals surface area contributed by atoms with Crippen molar-refractivity contribution in [3.05, 3.63) is 11.4 Å². The lowest BCUT2D eigenvalue weighted by Gasteiger charge is -2.26. The molecule has 1 saturated heterocycles. The molecule has 0 radical (unpaired) electrons. The zero-order valence-electron chi connectivity index (χ0n) is 13.7. The first-order valence-electron chi connectivity index (χ1n) is 8.49. The second-order valence-electron chi connectivity index (χ2n) is 5.81. The molecule has 0 aromatic carbocycles. The molecule has 0 bridgehead atoms. The van der Waals surface area contributed by atoms with Crippen LogP contribution < -0.4 is 10.2 Å². The van der Waals surface area contributed by atoms with Gasteiger partial charge in [-0.05, 0) is 38.6 Å². The van der Waals surface area contributed by atoms with Gasteiger partial charge in [-0.25, -0.2) is 4.98 Å². The van der Waals surface area contributed by atoms with Crippen molar-refractivity contribution in [2.24, 2.45) is 0 Å². The van der Waals surface area contributed by atoms with Gasteiger partial charge < -0.3 is 10.2 Å². The predicted molar refractivity (Wildman–Crippen MR) is 86.7 cm³/mol. The summed E-state index contributed by atoms with van der Waals surface area (Å²) in [7, 11) is 0. The molecule has 2 heterocycles. The summed E-state index contributed by atoms with van der Waals surface area (Å²) in [4.78, 5) is 7.10. The van der Waals surface area contributed by atoms with Gasteiger partial charge in [0.15, 0.2) is 0 Å². The number of anilines is 1. The van der Waals surface area contributed by atoms with E-state index in [9.17, 15) is 0 Å². The molecule has 5 nitrogen and oxygen atoms in total. The average molecular weight is 291 g/mol. The highest BCUT2D eigenvalue weighted by molar-refractivity contribution is 5.31. The Bertz CT molecular complexity index is 429. The number of unbranched alkanes of at least 4 members (excludes halogenated alkanes) is 1. The molecule has 2 rings (SSSR count). The third-order valence-corrected chi connectivity index (χ3v) is 4.17. The summed E-state index contributed by atoms with van der Waals surface area (Å²) in [5, 5.41) is 12.4. The fourth-order valence-electron chi connectivity index (χ4n) is 2.86. The molecule has 0 saturated carbocycles. The molecule has 0 spiro atoms. The minimum Gasteiger partial charge on any atom is -0.338 e. The lowest BCUT2D eigenvalue weighted by Crippen LogP contribution is -2.39. The summed E-state index contributed by atoms with van der Waals surface area (Å²) >= 11 is 0. The fourth-order valence-corrected chi connectivity index (χ4v) is 2.86. The van der Waals surface area contributed by atoms with E-state index in [1.54, 1.807) is 0 Å². The van der Waals surface area contributed by atoms with Gasteiger partial charge in [0, 0.05) is 19.1 Å². The Hall–Kier alpha value is -1.23. The lowest BCUT2D eigenvalue weighted by molar-refractivity contribution is 0.561. The Morgan fingerprint density at radius 2 is 1.95 bits per heavy atom. The number of aryl methyl sites for hydroxylation is 2. The standard InChI is InChI=1S/C16H29N5/c1-4-7-11-21(12-13-9-8-10-17-13)16-18-14(5-2)15(6-3)19-20-16/h13,17H,4-12H2,1-3H3. The van der Waals surface area contributed by atoms with E-state index in [4.69, 9.17) is 4.98 Å². The van der Waals surface area contributed by atoms with Gasteiger partial charge in [-0.1, -0.05) is 27.2 Å². The van der Waals surface area contributed by atoms with Crippen molar-refractivity contribution < 1.29 is 0 Å². The highest BCUT2D eigenvalue weighted by Gasteiger charge is 2.20. The van der Waals surface area contributed by atoms with Crippen LogP contribution in [0.3, 0.4) is 0 Å². The van der Waals surface area contributed by atoms with Crippen molar-refractivity contribution in [1.82, 2.24) is 20.5 Å². The van der Waals surface area contributed by atoms with Crippen molar-refractivity contribution >= 4 is 5.95 Å². The topological polar surface area (TPSA) is 53.9 Å². The van der Waals surface area contributed by atoms with E-state index in [0.29, 0.717) is 6.04 Å². The van der Waals surface area contributed by atoms with Crippen LogP contribution in [0.15, 0.2) is 0 Å². The number of hydrogen-bond acceptors (Lipinski definition) is 5. The Morgan fingerprint density at radius 1 is 1.14 bits per heavy atom. The van der Waals surface area contributed by atoms with Crippen molar-refractivity contribution in [1.29, 1.82) is 0 Å². The second-order valence-corrected chi connectivity index (χ2v) is 5.81. The van der Waals surface area contributed by atoms with E-state index in [2.05, 4.69) is 41.2 Å². The molecule has 21 heavy (non-hydrogen) atoms. The SMILES string of the molecule is CCCCN(CC1CCCN1)c1nnc(CC)c(CC)n1. The second kappa shape index (κ2) is 8.27. The van der Waals surface area contributed by atoms with Crippen LogP contribution in [0.4, 0.5) is 5.95 Å². The van der Waals surface area contributed by atoms with Crippen LogP contribution in [0.2, 0.25) is 0 Å². The normalized spacial score (nSPS) is 18.1. The van der Waals surface area contributed by atoms with Gasteiger partial charge in [0.25, 0.3) is 0 Å². The third-order valence-electron chi connectivity index (χ3n) is 4.17. The van der Waals surface area contributed by atoms with E-state index in [1.807, 2.05) is 0 Å². The maximum absolute atomic E-state index is 4.78. The van der Waals surface area contributed by atoms with Gasteiger partial charge in [-0.15, -0.1) is 5.10 Å². The molecule has 1 aromatic heterocycles.